The Labute approximate surface area is 154 Å². The van der Waals surface area contributed by atoms with Gasteiger partial charge in [-0.2, -0.15) is 0 Å². The van der Waals surface area contributed by atoms with E-state index in [4.69, 9.17) is 4.74 Å². The predicted molar refractivity (Wildman–Crippen MR) is 100 cm³/mol. The van der Waals surface area contributed by atoms with Crippen molar-refractivity contribution in [3.63, 3.8) is 0 Å². The van der Waals surface area contributed by atoms with Gasteiger partial charge in [-0.25, -0.2) is 8.42 Å². The first-order valence-corrected chi connectivity index (χ1v) is 11.0. The van der Waals surface area contributed by atoms with Gasteiger partial charge in [0.2, 0.25) is 21.1 Å². The highest BCUT2D eigenvalue weighted by Crippen LogP contribution is 2.26. The molecule has 1 N–H and O–H groups in total. The van der Waals surface area contributed by atoms with Gasteiger partial charge in [-0.3, -0.25) is 14.4 Å². The summed E-state index contributed by atoms with van der Waals surface area (Å²) in [7, 11) is -2.16. The van der Waals surface area contributed by atoms with Gasteiger partial charge in [0, 0.05) is 0 Å². The third-order valence-electron chi connectivity index (χ3n) is 3.23. The smallest absolute Gasteiger partial charge is 0.249 e. The van der Waals surface area contributed by atoms with Gasteiger partial charge >= 0.3 is 0 Å². The molecule has 2 aromatic rings. The Morgan fingerprint density at radius 1 is 1.32 bits per heavy atom. The van der Waals surface area contributed by atoms with Crippen molar-refractivity contribution in [1.82, 2.24) is 10.2 Å². The first-order valence-electron chi connectivity index (χ1n) is 7.08. The minimum atomic E-state index is -3.68. The number of aromatic nitrogens is 2. The van der Waals surface area contributed by atoms with E-state index < -0.39 is 22.0 Å². The molecule has 0 aliphatic heterocycles. The average molecular weight is 403 g/mol. The standard InChI is InChI=1S/C14H18N4O4S3/c1-9(12(19)15-13-16-17-14(23-3)24-13)18(25(4,20)21)10-5-7-11(22-2)8-6-10/h5-9H,1-4H3,(H,15,16,19). The van der Waals surface area contributed by atoms with Crippen LogP contribution in [0.1, 0.15) is 6.92 Å². The molecule has 2 rings (SSSR count). The highest BCUT2D eigenvalue weighted by Gasteiger charge is 2.29. The third-order valence-corrected chi connectivity index (χ3v) is 6.28. The van der Waals surface area contributed by atoms with Crippen molar-refractivity contribution in [1.29, 1.82) is 0 Å². The maximum absolute atomic E-state index is 12.5. The fraction of sp³-hybridized carbons (Fsp3) is 0.357. The van der Waals surface area contributed by atoms with Crippen molar-refractivity contribution < 1.29 is 17.9 Å². The summed E-state index contributed by atoms with van der Waals surface area (Å²) in [5.74, 6) is 0.0952. The largest absolute Gasteiger partial charge is 0.497 e. The lowest BCUT2D eigenvalue weighted by Crippen LogP contribution is -2.45. The molecule has 0 fully saturated rings. The highest BCUT2D eigenvalue weighted by atomic mass is 32.2. The first kappa shape index (κ1) is 19.5. The lowest BCUT2D eigenvalue weighted by Gasteiger charge is -2.27. The van der Waals surface area contributed by atoms with Crippen LogP contribution in [0.25, 0.3) is 0 Å². The van der Waals surface area contributed by atoms with Crippen molar-refractivity contribution in [2.45, 2.75) is 17.3 Å². The summed E-state index contributed by atoms with van der Waals surface area (Å²) in [5.41, 5.74) is 0.369. The molecule has 136 valence electrons. The molecule has 0 radical (unpaired) electrons. The van der Waals surface area contributed by atoms with E-state index in [1.54, 1.807) is 24.3 Å². The predicted octanol–water partition coefficient (Wildman–Crippen LogP) is 2.06. The van der Waals surface area contributed by atoms with Gasteiger partial charge in [-0.1, -0.05) is 23.1 Å². The molecule has 0 spiro atoms. The third kappa shape index (κ3) is 4.83. The van der Waals surface area contributed by atoms with Gasteiger partial charge in [0.1, 0.15) is 11.8 Å². The van der Waals surface area contributed by atoms with Gasteiger partial charge in [0.15, 0.2) is 4.34 Å². The Balaban J connectivity index is 2.25. The van der Waals surface area contributed by atoms with E-state index in [0.29, 0.717) is 20.9 Å². The van der Waals surface area contributed by atoms with Crippen molar-refractivity contribution in [3.8, 4) is 5.75 Å². The van der Waals surface area contributed by atoms with Crippen LogP contribution in [0.3, 0.4) is 0 Å². The molecular weight excluding hydrogens is 384 g/mol. The summed E-state index contributed by atoms with van der Waals surface area (Å²) in [5, 5.41) is 10.7. The number of methoxy groups -OCH3 is 1. The molecule has 0 bridgehead atoms. The van der Waals surface area contributed by atoms with Crippen LogP contribution in [0.15, 0.2) is 28.6 Å². The van der Waals surface area contributed by atoms with Crippen molar-refractivity contribution in [2.24, 2.45) is 0 Å². The van der Waals surface area contributed by atoms with E-state index >= 15 is 0 Å². The van der Waals surface area contributed by atoms with E-state index in [1.165, 1.54) is 37.1 Å². The van der Waals surface area contributed by atoms with Gasteiger partial charge < -0.3 is 4.74 Å². The minimum Gasteiger partial charge on any atom is -0.497 e. The maximum atomic E-state index is 12.5. The molecule has 0 saturated heterocycles. The van der Waals surface area contributed by atoms with E-state index in [1.807, 2.05) is 6.26 Å². The van der Waals surface area contributed by atoms with Gasteiger partial charge in [0.25, 0.3) is 0 Å². The molecule has 0 saturated carbocycles. The molecule has 8 nitrogen and oxygen atoms in total. The van der Waals surface area contributed by atoms with Crippen LogP contribution < -0.4 is 14.4 Å². The molecule has 1 unspecified atom stereocenters. The van der Waals surface area contributed by atoms with E-state index in [2.05, 4.69) is 15.5 Å². The SMILES string of the molecule is COc1ccc(N(C(C)C(=O)Nc2nnc(SC)s2)S(C)(=O)=O)cc1. The highest BCUT2D eigenvalue weighted by molar-refractivity contribution is 8.00. The Morgan fingerprint density at radius 2 is 1.96 bits per heavy atom. The van der Waals surface area contributed by atoms with Crippen LogP contribution in [0.4, 0.5) is 10.8 Å². The topological polar surface area (TPSA) is 101 Å². The molecule has 1 aromatic carbocycles. The number of nitrogens with one attached hydrogen (secondary N) is 1. The summed E-state index contributed by atoms with van der Waals surface area (Å²) < 4.78 is 31.3. The summed E-state index contributed by atoms with van der Waals surface area (Å²) >= 11 is 2.63. The van der Waals surface area contributed by atoms with Crippen LogP contribution >= 0.6 is 23.1 Å². The van der Waals surface area contributed by atoms with Crippen LogP contribution in [0.2, 0.25) is 0 Å². The fourth-order valence-electron chi connectivity index (χ4n) is 2.09. The quantitative estimate of drug-likeness (QED) is 0.559. The molecule has 0 aliphatic rings. The molecule has 0 aliphatic carbocycles. The molecule has 1 aromatic heterocycles. The number of rotatable bonds is 7. The number of ether oxygens (including phenoxy) is 1. The lowest BCUT2D eigenvalue weighted by atomic mass is 10.2. The van der Waals surface area contributed by atoms with Crippen molar-refractivity contribution >= 4 is 49.8 Å². The normalized spacial score (nSPS) is 12.5. The summed E-state index contributed by atoms with van der Waals surface area (Å²) in [6.07, 6.45) is 2.90. The van der Waals surface area contributed by atoms with Crippen LogP contribution in [-0.4, -0.2) is 50.2 Å². The number of anilines is 2. The zero-order chi connectivity index (χ0) is 18.6. The van der Waals surface area contributed by atoms with Crippen LogP contribution in [-0.2, 0) is 14.8 Å². The van der Waals surface area contributed by atoms with Crippen molar-refractivity contribution in [3.05, 3.63) is 24.3 Å². The first-order chi connectivity index (χ1) is 11.8. The number of benzene rings is 1. The Kier molecular flexibility index (Phi) is 6.25. The Bertz CT molecular complexity index is 836. The van der Waals surface area contributed by atoms with E-state index in [-0.39, 0.29) is 0 Å². The summed E-state index contributed by atoms with van der Waals surface area (Å²) in [4.78, 5) is 12.5. The van der Waals surface area contributed by atoms with E-state index in [0.717, 1.165) is 10.6 Å². The van der Waals surface area contributed by atoms with Crippen LogP contribution in [0, 0.1) is 0 Å². The zero-order valence-electron chi connectivity index (χ0n) is 14.1. The van der Waals surface area contributed by atoms with Crippen LogP contribution in [0.5, 0.6) is 5.75 Å². The van der Waals surface area contributed by atoms with E-state index in [9.17, 15) is 13.2 Å². The number of hydrogen-bond donors (Lipinski definition) is 1. The monoisotopic (exact) mass is 402 g/mol. The Morgan fingerprint density at radius 3 is 2.44 bits per heavy atom. The van der Waals surface area contributed by atoms with Gasteiger partial charge in [-0.15, -0.1) is 10.2 Å². The number of thioether (sulfide) groups is 1. The molecule has 11 heteroatoms. The number of carbonyl (C=O) groups excluding carboxylic acids is 1. The molecule has 25 heavy (non-hydrogen) atoms. The Hall–Kier alpha value is -1.85. The summed E-state index contributed by atoms with van der Waals surface area (Å²) in [6, 6.07) is 5.47. The maximum Gasteiger partial charge on any atom is 0.249 e. The van der Waals surface area contributed by atoms with Gasteiger partial charge in [-0.05, 0) is 37.4 Å². The second-order valence-electron chi connectivity index (χ2n) is 5.00. The number of carbonyl (C=O) groups is 1. The number of hydrogen-bond acceptors (Lipinski definition) is 8. The molecular formula is C14H18N4O4S3. The molecule has 1 heterocycles. The zero-order valence-corrected chi connectivity index (χ0v) is 16.5. The average Bonchev–Trinajstić information content (AvgIpc) is 3.02. The second-order valence-corrected chi connectivity index (χ2v) is 8.89. The number of sulfonamides is 1. The minimum absolute atomic E-state index is 0.324. The lowest BCUT2D eigenvalue weighted by molar-refractivity contribution is -0.116. The molecule has 1 amide bonds. The van der Waals surface area contributed by atoms with Gasteiger partial charge in [0.05, 0.1) is 19.1 Å². The second kappa shape index (κ2) is 8.02. The number of nitrogens with zero attached hydrogens (tertiary/aromatic N) is 3. The molecule has 1 atom stereocenters. The summed E-state index contributed by atoms with van der Waals surface area (Å²) in [6.45, 7) is 1.51. The van der Waals surface area contributed by atoms with Crippen molar-refractivity contribution in [2.75, 3.05) is 29.2 Å². The number of amides is 1. The fourth-order valence-corrected chi connectivity index (χ4v) is 4.44.